The number of ether oxygens (including phenoxy) is 1. The highest BCUT2D eigenvalue weighted by atomic mass is 28.4. The van der Waals surface area contributed by atoms with Crippen molar-refractivity contribution in [1.29, 1.82) is 0 Å². The Labute approximate surface area is 202 Å². The maximum Gasteiger partial charge on any atom is 0.371 e. The summed E-state index contributed by atoms with van der Waals surface area (Å²) in [5.41, 5.74) is 0. The molecule has 32 heavy (non-hydrogen) atoms. The lowest BCUT2D eigenvalue weighted by molar-refractivity contribution is -0.0426. The summed E-state index contributed by atoms with van der Waals surface area (Å²) in [5.74, 6) is 0. The van der Waals surface area contributed by atoms with Gasteiger partial charge in [-0.3, -0.25) is 4.70 Å². The van der Waals surface area contributed by atoms with E-state index in [2.05, 4.69) is 41.5 Å². The molecule has 0 aromatic carbocycles. The molecule has 0 bridgehead atoms. The van der Waals surface area contributed by atoms with E-state index >= 15 is 0 Å². The number of unbranched alkanes of at least 4 members (excludes halogenated alkanes) is 11. The number of hydrogen-bond acceptors (Lipinski definition) is 3. The Morgan fingerprint density at radius 1 is 0.594 bits per heavy atom. The highest BCUT2D eigenvalue weighted by molar-refractivity contribution is 6.70. The third-order valence-corrected chi connectivity index (χ3v) is 11.4. The van der Waals surface area contributed by atoms with Gasteiger partial charge in [-0.2, -0.15) is 0 Å². The van der Waals surface area contributed by atoms with Gasteiger partial charge in [0.25, 0.3) is 0 Å². The van der Waals surface area contributed by atoms with Crippen LogP contribution in [-0.4, -0.2) is 33.6 Å². The fraction of sp³-hybridized carbons (Fsp3) is 1.00. The number of halogens is 1. The number of rotatable bonds is 18. The molecule has 0 aromatic heterocycles. The molecule has 1 aliphatic rings. The lowest BCUT2D eigenvalue weighted by atomic mass is 10.1. The molecule has 0 spiro atoms. The van der Waals surface area contributed by atoms with Crippen LogP contribution in [0.4, 0.5) is 4.70 Å². The van der Waals surface area contributed by atoms with Crippen LogP contribution < -0.4 is 0 Å². The molecular weight excluding hydrogens is 419 g/mol. The van der Waals surface area contributed by atoms with Gasteiger partial charge in [0, 0.05) is 19.8 Å². The topological polar surface area (TPSA) is 27.7 Å². The minimum atomic E-state index is -2.21. The molecule has 1 saturated heterocycles. The normalized spacial score (nSPS) is 19.7. The van der Waals surface area contributed by atoms with E-state index in [1.807, 2.05) is 0 Å². The second-order valence-electron chi connectivity index (χ2n) is 9.14. The van der Waals surface area contributed by atoms with Crippen LogP contribution in [0, 0.1) is 0 Å². The summed E-state index contributed by atoms with van der Waals surface area (Å²) in [6.45, 7) is 15.2. The van der Waals surface area contributed by atoms with Gasteiger partial charge in [0.15, 0.2) is 0 Å². The maximum atomic E-state index is 6.16. The molecule has 0 radical (unpaired) electrons. The lowest BCUT2D eigenvalue weighted by Crippen LogP contribution is -2.65. The highest BCUT2D eigenvalue weighted by Gasteiger charge is 2.58. The Morgan fingerprint density at radius 3 is 1.38 bits per heavy atom. The summed E-state index contributed by atoms with van der Waals surface area (Å²) < 4.78 is 18.5. The van der Waals surface area contributed by atoms with Crippen LogP contribution in [0.2, 0.25) is 6.04 Å². The first-order chi connectivity index (χ1) is 15.1. The average molecular weight is 479 g/mol. The third-order valence-electron chi connectivity index (χ3n) is 6.73. The summed E-state index contributed by atoms with van der Waals surface area (Å²) in [7, 11) is -2.21. The molecule has 0 aliphatic carbocycles. The quantitative estimate of drug-likeness (QED) is 0.145. The molecule has 1 unspecified atom stereocenters. The van der Waals surface area contributed by atoms with E-state index in [1.165, 1.54) is 89.9 Å². The van der Waals surface area contributed by atoms with Gasteiger partial charge in [-0.05, 0) is 39.7 Å². The van der Waals surface area contributed by atoms with Crippen molar-refractivity contribution in [3.8, 4) is 0 Å². The van der Waals surface area contributed by atoms with Crippen molar-refractivity contribution in [3.05, 3.63) is 0 Å². The maximum absolute atomic E-state index is 6.16. The van der Waals surface area contributed by atoms with E-state index in [0.29, 0.717) is 0 Å². The molecule has 1 rings (SSSR count). The summed E-state index contributed by atoms with van der Waals surface area (Å²) >= 11 is 0. The van der Waals surface area contributed by atoms with Gasteiger partial charge in [-0.1, -0.05) is 111 Å². The standard InChI is InChI=1S/C14H30.C13H28O3Si.FH/c1-3-5-7-9-11-13-14-12-10-8-6-4-2;1-5-13(14-6-2)11-9-10-12-17(13,15-7-3)16-8-4;/h3-14H2,1-2H3;5-12H2,1-4H3;1H. The van der Waals surface area contributed by atoms with Crippen LogP contribution >= 0.6 is 0 Å². The van der Waals surface area contributed by atoms with Crippen molar-refractivity contribution in [2.75, 3.05) is 19.8 Å². The summed E-state index contributed by atoms with van der Waals surface area (Å²) in [6, 6.07) is 1.09. The Balaban J connectivity index is 0. The molecule has 1 fully saturated rings. The van der Waals surface area contributed by atoms with Gasteiger partial charge >= 0.3 is 8.56 Å². The van der Waals surface area contributed by atoms with Crippen molar-refractivity contribution in [2.45, 2.75) is 156 Å². The van der Waals surface area contributed by atoms with Gasteiger partial charge in [0.2, 0.25) is 0 Å². The third kappa shape index (κ3) is 13.1. The Bertz CT molecular complexity index is 356. The monoisotopic (exact) mass is 478 g/mol. The average Bonchev–Trinajstić information content (AvgIpc) is 2.78. The van der Waals surface area contributed by atoms with Crippen molar-refractivity contribution in [3.63, 3.8) is 0 Å². The van der Waals surface area contributed by atoms with Crippen molar-refractivity contribution < 1.29 is 18.3 Å². The van der Waals surface area contributed by atoms with Crippen LogP contribution in [0.3, 0.4) is 0 Å². The zero-order valence-electron chi connectivity index (χ0n) is 22.8. The van der Waals surface area contributed by atoms with Crippen LogP contribution in [-0.2, 0) is 13.6 Å². The Hall–Kier alpha value is 0.0269. The molecule has 5 heteroatoms. The van der Waals surface area contributed by atoms with Crippen LogP contribution in [0.15, 0.2) is 0 Å². The van der Waals surface area contributed by atoms with Gasteiger partial charge in [0.05, 0.1) is 0 Å². The van der Waals surface area contributed by atoms with Crippen LogP contribution in [0.1, 0.15) is 144 Å². The number of hydrogen-bond donors (Lipinski definition) is 0. The zero-order valence-corrected chi connectivity index (χ0v) is 23.8. The van der Waals surface area contributed by atoms with Crippen molar-refractivity contribution in [1.82, 2.24) is 0 Å². The highest BCUT2D eigenvalue weighted by Crippen LogP contribution is 2.43. The van der Waals surface area contributed by atoms with Crippen LogP contribution in [0.5, 0.6) is 0 Å². The van der Waals surface area contributed by atoms with E-state index in [-0.39, 0.29) is 9.93 Å². The molecule has 0 aromatic rings. The van der Waals surface area contributed by atoms with Gasteiger partial charge in [-0.25, -0.2) is 0 Å². The largest absolute Gasteiger partial charge is 0.393 e. The van der Waals surface area contributed by atoms with Crippen LogP contribution in [0.25, 0.3) is 0 Å². The van der Waals surface area contributed by atoms with E-state index < -0.39 is 8.56 Å². The molecule has 1 heterocycles. The van der Waals surface area contributed by atoms with E-state index in [1.54, 1.807) is 0 Å². The molecule has 1 aliphatic heterocycles. The molecular formula is C27H59FO3Si. The summed E-state index contributed by atoms with van der Waals surface area (Å²) in [5, 5.41) is -0.119. The predicted molar refractivity (Wildman–Crippen MR) is 142 cm³/mol. The van der Waals surface area contributed by atoms with Gasteiger partial charge in [0.1, 0.15) is 5.22 Å². The van der Waals surface area contributed by atoms with Crippen molar-refractivity contribution in [2.24, 2.45) is 0 Å². The molecule has 196 valence electrons. The molecule has 3 nitrogen and oxygen atoms in total. The van der Waals surface area contributed by atoms with Gasteiger partial charge in [-0.15, -0.1) is 0 Å². The van der Waals surface area contributed by atoms with Gasteiger partial charge < -0.3 is 13.6 Å². The first-order valence-corrected chi connectivity index (χ1v) is 16.1. The lowest BCUT2D eigenvalue weighted by Gasteiger charge is -2.49. The molecule has 0 N–H and O–H groups in total. The second kappa shape index (κ2) is 22.8. The van der Waals surface area contributed by atoms with E-state index in [0.717, 1.165) is 38.7 Å². The summed E-state index contributed by atoms with van der Waals surface area (Å²) in [4.78, 5) is 0. The van der Waals surface area contributed by atoms with E-state index in [4.69, 9.17) is 13.6 Å². The Morgan fingerprint density at radius 2 is 1.03 bits per heavy atom. The predicted octanol–water partition coefficient (Wildman–Crippen LogP) is 9.27. The van der Waals surface area contributed by atoms with E-state index in [9.17, 15) is 0 Å². The molecule has 0 saturated carbocycles. The molecule has 0 amide bonds. The van der Waals surface area contributed by atoms with Crippen molar-refractivity contribution >= 4 is 8.56 Å². The fourth-order valence-electron chi connectivity index (χ4n) is 5.02. The zero-order chi connectivity index (χ0) is 23.3. The summed E-state index contributed by atoms with van der Waals surface area (Å²) in [6.07, 6.45) is 22.0. The second-order valence-corrected chi connectivity index (χ2v) is 12.6. The SMILES string of the molecule is CCCCCCCCCCCCCC.CCOC1(CC)CCCC[Si]1(OCC)OCC.F. The molecule has 1 atom stereocenters. The Kier molecular flexibility index (Phi) is 24.4. The first-order valence-electron chi connectivity index (χ1n) is 14.0. The minimum Gasteiger partial charge on any atom is -0.393 e. The minimum absolute atomic E-state index is 0. The smallest absolute Gasteiger partial charge is 0.371 e. The first kappa shape index (κ1) is 34.2. The fourth-order valence-corrected chi connectivity index (χ4v) is 9.49.